The largest absolute Gasteiger partial charge is 0.342 e. The number of anilines is 1. The summed E-state index contributed by atoms with van der Waals surface area (Å²) < 4.78 is 0. The summed E-state index contributed by atoms with van der Waals surface area (Å²) in [6.07, 6.45) is 5.03. The fourth-order valence-corrected chi connectivity index (χ4v) is 4.35. The molecule has 0 saturated heterocycles. The monoisotopic (exact) mass is 322 g/mol. The van der Waals surface area contributed by atoms with E-state index in [4.69, 9.17) is 0 Å². The molecule has 0 aromatic carbocycles. The predicted molar refractivity (Wildman–Crippen MR) is 92.7 cm³/mol. The number of aryl methyl sites for hydroxylation is 1. The fourth-order valence-electron chi connectivity index (χ4n) is 4.35. The van der Waals surface area contributed by atoms with Crippen LogP contribution < -0.4 is 5.32 Å². The fraction of sp³-hybridized carbons (Fsp3) is 0.421. The third kappa shape index (κ3) is 1.97. The summed E-state index contributed by atoms with van der Waals surface area (Å²) >= 11 is 0. The van der Waals surface area contributed by atoms with E-state index < -0.39 is 5.41 Å². The molecule has 5 heteroatoms. The summed E-state index contributed by atoms with van der Waals surface area (Å²) in [6.45, 7) is 8.41. The molecule has 1 aliphatic heterocycles. The van der Waals surface area contributed by atoms with E-state index in [9.17, 15) is 4.79 Å². The van der Waals surface area contributed by atoms with Crippen LogP contribution in [-0.2, 0) is 10.2 Å². The first-order chi connectivity index (χ1) is 11.3. The van der Waals surface area contributed by atoms with E-state index in [1.807, 2.05) is 25.3 Å². The number of pyridine rings is 1. The molecule has 0 bridgehead atoms. The molecule has 1 aliphatic carbocycles. The van der Waals surface area contributed by atoms with Crippen molar-refractivity contribution in [1.82, 2.24) is 15.2 Å². The number of hydrogen-bond donors (Lipinski definition) is 2. The molecule has 24 heavy (non-hydrogen) atoms. The number of nitrogens with zero attached hydrogens (tertiary/aromatic N) is 2. The van der Waals surface area contributed by atoms with Gasteiger partial charge in [-0.15, -0.1) is 0 Å². The number of Topliss-reactive ketones (excluding diaryl/α,β-unsaturated/α-hetero) is 1. The van der Waals surface area contributed by atoms with E-state index in [1.165, 1.54) is 0 Å². The number of carbonyl (C=O) groups is 1. The van der Waals surface area contributed by atoms with Crippen molar-refractivity contribution in [2.24, 2.45) is 5.41 Å². The third-order valence-corrected chi connectivity index (χ3v) is 5.33. The Labute approximate surface area is 141 Å². The molecule has 0 saturated carbocycles. The number of ketones is 1. The molecule has 0 radical (unpaired) electrons. The van der Waals surface area contributed by atoms with Crippen molar-refractivity contribution in [1.29, 1.82) is 0 Å². The summed E-state index contributed by atoms with van der Waals surface area (Å²) in [6, 6.07) is 3.97. The molecule has 124 valence electrons. The van der Waals surface area contributed by atoms with E-state index >= 15 is 0 Å². The second-order valence-corrected chi connectivity index (χ2v) is 7.86. The van der Waals surface area contributed by atoms with Crippen LogP contribution in [-0.4, -0.2) is 21.0 Å². The number of H-pyrrole nitrogens is 1. The van der Waals surface area contributed by atoms with Gasteiger partial charge in [-0.3, -0.25) is 14.9 Å². The van der Waals surface area contributed by atoms with Crippen molar-refractivity contribution in [3.8, 4) is 0 Å². The molecule has 3 heterocycles. The Bertz CT molecular complexity index is 863. The van der Waals surface area contributed by atoms with Crippen LogP contribution in [0, 0.1) is 12.3 Å². The van der Waals surface area contributed by atoms with E-state index in [-0.39, 0.29) is 11.2 Å². The molecule has 1 atom stereocenters. The first kappa shape index (κ1) is 15.1. The maximum absolute atomic E-state index is 13.1. The van der Waals surface area contributed by atoms with Gasteiger partial charge in [-0.1, -0.05) is 19.9 Å². The number of allylic oxidation sites excluding steroid dienone is 2. The van der Waals surface area contributed by atoms with Crippen LogP contribution in [0.25, 0.3) is 0 Å². The average Bonchev–Trinajstić information content (AvgIpc) is 2.88. The van der Waals surface area contributed by atoms with Crippen LogP contribution in [0.1, 0.15) is 50.4 Å². The Morgan fingerprint density at radius 1 is 1.21 bits per heavy atom. The van der Waals surface area contributed by atoms with Crippen molar-refractivity contribution in [3.05, 3.63) is 52.6 Å². The number of nitrogens with one attached hydrogen (secondary N) is 2. The number of fused-ring (bicyclic) bond motifs is 1. The highest BCUT2D eigenvalue weighted by Gasteiger charge is 2.49. The van der Waals surface area contributed by atoms with Gasteiger partial charge in [0.1, 0.15) is 0 Å². The molecule has 1 unspecified atom stereocenters. The highest BCUT2D eigenvalue weighted by atomic mass is 16.1. The SMILES string of the molecule is Cc1[nH]nc2c1C(C)(c1cccnc1)C1=C(CC(C)(C)CC1=O)N2. The van der Waals surface area contributed by atoms with Crippen molar-refractivity contribution in [2.75, 3.05) is 5.32 Å². The summed E-state index contributed by atoms with van der Waals surface area (Å²) in [7, 11) is 0. The van der Waals surface area contributed by atoms with Gasteiger partial charge in [0.2, 0.25) is 0 Å². The van der Waals surface area contributed by atoms with Crippen molar-refractivity contribution >= 4 is 11.6 Å². The smallest absolute Gasteiger partial charge is 0.162 e. The molecule has 2 aromatic rings. The lowest BCUT2D eigenvalue weighted by Crippen LogP contribution is -2.42. The Hall–Kier alpha value is -2.43. The minimum Gasteiger partial charge on any atom is -0.342 e. The summed E-state index contributed by atoms with van der Waals surface area (Å²) in [4.78, 5) is 17.4. The predicted octanol–water partition coefficient (Wildman–Crippen LogP) is 3.49. The second kappa shape index (κ2) is 4.79. The van der Waals surface area contributed by atoms with Crippen LogP contribution in [0.2, 0.25) is 0 Å². The lowest BCUT2D eigenvalue weighted by molar-refractivity contribution is -0.118. The highest BCUT2D eigenvalue weighted by molar-refractivity contribution is 6.02. The van der Waals surface area contributed by atoms with E-state index in [2.05, 4.69) is 41.3 Å². The van der Waals surface area contributed by atoms with E-state index in [0.29, 0.717) is 6.42 Å². The molecule has 2 aromatic heterocycles. The maximum atomic E-state index is 13.1. The van der Waals surface area contributed by atoms with Crippen LogP contribution in [0.5, 0.6) is 0 Å². The van der Waals surface area contributed by atoms with Gasteiger partial charge in [0, 0.05) is 41.3 Å². The zero-order valence-electron chi connectivity index (χ0n) is 14.5. The molecule has 0 spiro atoms. The summed E-state index contributed by atoms with van der Waals surface area (Å²) in [5, 5.41) is 10.9. The molecule has 2 aliphatic rings. The van der Waals surface area contributed by atoms with Crippen molar-refractivity contribution in [2.45, 2.75) is 46.0 Å². The molecular formula is C19H22N4O. The Morgan fingerprint density at radius 2 is 2.00 bits per heavy atom. The molecule has 0 fully saturated rings. The number of hydrogen-bond acceptors (Lipinski definition) is 4. The van der Waals surface area contributed by atoms with Gasteiger partial charge in [-0.25, -0.2) is 0 Å². The number of carbonyl (C=O) groups excluding carboxylic acids is 1. The second-order valence-electron chi connectivity index (χ2n) is 7.86. The topological polar surface area (TPSA) is 70.7 Å². The van der Waals surface area contributed by atoms with E-state index in [0.717, 1.165) is 40.3 Å². The van der Waals surface area contributed by atoms with Gasteiger partial charge in [0.25, 0.3) is 0 Å². The molecular weight excluding hydrogens is 300 g/mol. The van der Waals surface area contributed by atoms with Gasteiger partial charge >= 0.3 is 0 Å². The minimum absolute atomic E-state index is 0.0401. The molecule has 5 nitrogen and oxygen atoms in total. The van der Waals surface area contributed by atoms with Crippen LogP contribution >= 0.6 is 0 Å². The zero-order valence-corrected chi connectivity index (χ0v) is 14.5. The third-order valence-electron chi connectivity index (χ3n) is 5.33. The van der Waals surface area contributed by atoms with Crippen molar-refractivity contribution < 1.29 is 4.79 Å². The normalized spacial score (nSPS) is 25.1. The van der Waals surface area contributed by atoms with Gasteiger partial charge in [-0.2, -0.15) is 5.10 Å². The lowest BCUT2D eigenvalue weighted by Gasteiger charge is -2.43. The Kier molecular flexibility index (Phi) is 3.02. The first-order valence-electron chi connectivity index (χ1n) is 8.33. The number of aromatic nitrogens is 3. The Morgan fingerprint density at radius 3 is 2.71 bits per heavy atom. The van der Waals surface area contributed by atoms with E-state index in [1.54, 1.807) is 6.20 Å². The molecule has 0 amide bonds. The average molecular weight is 322 g/mol. The Balaban J connectivity index is 2.02. The first-order valence-corrected chi connectivity index (χ1v) is 8.33. The quantitative estimate of drug-likeness (QED) is 0.843. The van der Waals surface area contributed by atoms with Crippen LogP contribution in [0.4, 0.5) is 5.82 Å². The minimum atomic E-state index is -0.533. The van der Waals surface area contributed by atoms with Gasteiger partial charge in [0.15, 0.2) is 11.6 Å². The summed E-state index contributed by atoms with van der Waals surface area (Å²) in [5.41, 5.74) is 4.35. The van der Waals surface area contributed by atoms with Gasteiger partial charge < -0.3 is 5.32 Å². The van der Waals surface area contributed by atoms with Gasteiger partial charge in [-0.05, 0) is 37.3 Å². The van der Waals surface area contributed by atoms with Gasteiger partial charge in [0.05, 0.1) is 5.41 Å². The standard InChI is InChI=1S/C19H22N4O/c1-11-15-17(23-22-11)21-13-8-18(2,3)9-14(24)16(13)19(15,4)12-6-5-7-20-10-12/h5-7,10H,8-9H2,1-4H3,(H2,21,22,23). The molecule has 2 N–H and O–H groups in total. The van der Waals surface area contributed by atoms with Crippen LogP contribution in [0.15, 0.2) is 35.8 Å². The van der Waals surface area contributed by atoms with Crippen LogP contribution in [0.3, 0.4) is 0 Å². The lowest BCUT2D eigenvalue weighted by atomic mass is 9.62. The highest BCUT2D eigenvalue weighted by Crippen LogP contribution is 2.52. The number of aromatic amines is 1. The maximum Gasteiger partial charge on any atom is 0.162 e. The number of rotatable bonds is 1. The zero-order chi connectivity index (χ0) is 17.1. The molecule has 4 rings (SSSR count). The summed E-state index contributed by atoms with van der Waals surface area (Å²) in [5.74, 6) is 1.04. The van der Waals surface area contributed by atoms with Crippen molar-refractivity contribution in [3.63, 3.8) is 0 Å².